The molecule has 6 heteroatoms. The molecule has 4 rings (SSSR count). The predicted molar refractivity (Wildman–Crippen MR) is 140 cm³/mol. The highest BCUT2D eigenvalue weighted by molar-refractivity contribution is 5.86. The molecule has 0 spiro atoms. The fraction of sp³-hybridized carbons (Fsp3) is 0.321. The van der Waals surface area contributed by atoms with E-state index in [2.05, 4.69) is 85.4 Å². The van der Waals surface area contributed by atoms with E-state index in [-0.39, 0.29) is 0 Å². The fourth-order valence-corrected chi connectivity index (χ4v) is 4.28. The lowest BCUT2D eigenvalue weighted by atomic mass is 9.94. The van der Waals surface area contributed by atoms with Crippen LogP contribution in [0, 0.1) is 20.8 Å². The first-order chi connectivity index (χ1) is 16.5. The molecular weight excluding hydrogens is 422 g/mol. The lowest BCUT2D eigenvalue weighted by Crippen LogP contribution is -2.27. The van der Waals surface area contributed by atoms with Gasteiger partial charge in [0.1, 0.15) is 17.9 Å². The van der Waals surface area contributed by atoms with Crippen LogP contribution in [0.1, 0.15) is 30.5 Å². The van der Waals surface area contributed by atoms with Crippen LogP contribution in [-0.2, 0) is 0 Å². The molecule has 0 saturated heterocycles. The number of hydrogen-bond acceptors (Lipinski definition) is 6. The Hall–Kier alpha value is -3.51. The molecule has 4 aromatic rings. The zero-order valence-corrected chi connectivity index (χ0v) is 20.7. The number of rotatable bonds is 9. The van der Waals surface area contributed by atoms with Crippen LogP contribution in [0.5, 0.6) is 5.75 Å². The summed E-state index contributed by atoms with van der Waals surface area (Å²) in [6.45, 7) is 14.4. The number of anilines is 2. The molecule has 34 heavy (non-hydrogen) atoms. The average molecular weight is 456 g/mol. The summed E-state index contributed by atoms with van der Waals surface area (Å²) in [7, 11) is 0. The molecule has 0 amide bonds. The van der Waals surface area contributed by atoms with Gasteiger partial charge in [0, 0.05) is 12.2 Å². The standard InChI is InChI=1S/C28H33N5O/c1-6-33(7-2)15-16-34-24-13-11-23(12-14-24)29-28-30-27-21(5)17-22(18-25(27)31-32-28)26-19(3)9-8-10-20(26)4/h8-14,17-18H,6-7,15-16H2,1-5H3,(H,29,30,32). The molecule has 176 valence electrons. The van der Waals surface area contributed by atoms with E-state index in [0.29, 0.717) is 12.6 Å². The van der Waals surface area contributed by atoms with Gasteiger partial charge >= 0.3 is 0 Å². The van der Waals surface area contributed by atoms with Crippen molar-refractivity contribution in [3.63, 3.8) is 0 Å². The topological polar surface area (TPSA) is 63.2 Å². The molecule has 0 radical (unpaired) electrons. The van der Waals surface area contributed by atoms with E-state index >= 15 is 0 Å². The highest BCUT2D eigenvalue weighted by atomic mass is 16.5. The molecule has 1 N–H and O–H groups in total. The van der Waals surface area contributed by atoms with Gasteiger partial charge in [0.25, 0.3) is 0 Å². The van der Waals surface area contributed by atoms with Crippen molar-refractivity contribution in [1.82, 2.24) is 20.1 Å². The predicted octanol–water partition coefficient (Wildman–Crippen LogP) is 6.08. The Balaban J connectivity index is 1.48. The third-order valence-electron chi connectivity index (χ3n) is 6.20. The molecule has 0 unspecified atom stereocenters. The van der Waals surface area contributed by atoms with Gasteiger partial charge in [-0.05, 0) is 98.1 Å². The quantitative estimate of drug-likeness (QED) is 0.330. The molecule has 0 bridgehead atoms. The highest BCUT2D eigenvalue weighted by Gasteiger charge is 2.11. The lowest BCUT2D eigenvalue weighted by Gasteiger charge is -2.18. The third-order valence-corrected chi connectivity index (χ3v) is 6.20. The Kier molecular flexibility index (Phi) is 7.38. The minimum absolute atomic E-state index is 0.477. The van der Waals surface area contributed by atoms with Crippen LogP contribution < -0.4 is 10.1 Å². The SMILES string of the molecule is CCN(CC)CCOc1ccc(Nc2nnc3cc(-c4c(C)cccc4C)cc(C)c3n2)cc1. The van der Waals surface area contributed by atoms with Gasteiger partial charge in [-0.25, -0.2) is 4.98 Å². The largest absolute Gasteiger partial charge is 0.492 e. The van der Waals surface area contributed by atoms with Crippen molar-refractivity contribution in [2.75, 3.05) is 31.6 Å². The van der Waals surface area contributed by atoms with Gasteiger partial charge in [-0.15, -0.1) is 10.2 Å². The van der Waals surface area contributed by atoms with E-state index in [1.54, 1.807) is 0 Å². The number of ether oxygens (including phenoxy) is 1. The van der Waals surface area contributed by atoms with E-state index in [4.69, 9.17) is 9.72 Å². The number of hydrogen-bond donors (Lipinski definition) is 1. The third kappa shape index (κ3) is 5.34. The van der Waals surface area contributed by atoms with Crippen LogP contribution in [0.15, 0.2) is 54.6 Å². The van der Waals surface area contributed by atoms with Crippen LogP contribution in [0.25, 0.3) is 22.2 Å². The maximum Gasteiger partial charge on any atom is 0.247 e. The monoisotopic (exact) mass is 455 g/mol. The Morgan fingerprint density at radius 1 is 0.853 bits per heavy atom. The van der Waals surface area contributed by atoms with Crippen molar-refractivity contribution < 1.29 is 4.74 Å². The second-order valence-electron chi connectivity index (χ2n) is 8.59. The minimum Gasteiger partial charge on any atom is -0.492 e. The van der Waals surface area contributed by atoms with Crippen LogP contribution >= 0.6 is 0 Å². The highest BCUT2D eigenvalue weighted by Crippen LogP contribution is 2.31. The second-order valence-corrected chi connectivity index (χ2v) is 8.59. The van der Waals surface area contributed by atoms with E-state index in [9.17, 15) is 0 Å². The summed E-state index contributed by atoms with van der Waals surface area (Å²) >= 11 is 0. The normalized spacial score (nSPS) is 11.2. The van der Waals surface area contributed by atoms with E-state index in [1.165, 1.54) is 16.7 Å². The lowest BCUT2D eigenvalue weighted by molar-refractivity contribution is 0.223. The number of benzene rings is 3. The fourth-order valence-electron chi connectivity index (χ4n) is 4.28. The summed E-state index contributed by atoms with van der Waals surface area (Å²) in [4.78, 5) is 7.08. The number of nitrogens with one attached hydrogen (secondary N) is 1. The molecule has 0 fully saturated rings. The summed E-state index contributed by atoms with van der Waals surface area (Å²) in [5.41, 5.74) is 8.50. The zero-order valence-electron chi connectivity index (χ0n) is 20.7. The van der Waals surface area contributed by atoms with Gasteiger partial charge in [-0.1, -0.05) is 32.0 Å². The molecule has 0 aliphatic carbocycles. The maximum atomic E-state index is 5.87. The van der Waals surface area contributed by atoms with Gasteiger partial charge < -0.3 is 15.0 Å². The molecule has 1 heterocycles. The van der Waals surface area contributed by atoms with Crippen LogP contribution in [0.2, 0.25) is 0 Å². The van der Waals surface area contributed by atoms with Crippen LogP contribution in [0.3, 0.4) is 0 Å². The molecule has 0 aliphatic heterocycles. The van der Waals surface area contributed by atoms with Gasteiger partial charge in [0.2, 0.25) is 5.95 Å². The Bertz CT molecular complexity index is 1250. The minimum atomic E-state index is 0.477. The van der Waals surface area contributed by atoms with Crippen molar-refractivity contribution >= 4 is 22.7 Å². The van der Waals surface area contributed by atoms with Crippen molar-refractivity contribution in [2.45, 2.75) is 34.6 Å². The Labute approximate surface area is 202 Å². The summed E-state index contributed by atoms with van der Waals surface area (Å²) < 4.78 is 5.87. The zero-order chi connectivity index (χ0) is 24.1. The number of aromatic nitrogens is 3. The molecule has 6 nitrogen and oxygen atoms in total. The van der Waals surface area contributed by atoms with Crippen molar-refractivity contribution in [2.24, 2.45) is 0 Å². The van der Waals surface area contributed by atoms with E-state index in [1.807, 2.05) is 24.3 Å². The Morgan fingerprint density at radius 2 is 1.56 bits per heavy atom. The number of likely N-dealkylation sites (N-methyl/N-ethyl adjacent to an activating group) is 1. The van der Waals surface area contributed by atoms with Crippen LogP contribution in [0.4, 0.5) is 11.6 Å². The first-order valence-electron chi connectivity index (χ1n) is 11.9. The van der Waals surface area contributed by atoms with Gasteiger partial charge in [-0.2, -0.15) is 0 Å². The maximum absolute atomic E-state index is 5.87. The van der Waals surface area contributed by atoms with E-state index < -0.39 is 0 Å². The average Bonchev–Trinajstić information content (AvgIpc) is 2.83. The first-order valence-corrected chi connectivity index (χ1v) is 11.9. The Morgan fingerprint density at radius 3 is 2.24 bits per heavy atom. The molecule has 0 atom stereocenters. The number of fused-ring (bicyclic) bond motifs is 1. The van der Waals surface area contributed by atoms with Gasteiger partial charge in [-0.3, -0.25) is 0 Å². The molecular formula is C28H33N5O. The summed E-state index contributed by atoms with van der Waals surface area (Å²) in [5, 5.41) is 12.1. The van der Waals surface area contributed by atoms with E-state index in [0.717, 1.165) is 53.2 Å². The molecule has 0 saturated carbocycles. The van der Waals surface area contributed by atoms with Crippen molar-refractivity contribution in [3.05, 3.63) is 71.3 Å². The van der Waals surface area contributed by atoms with Crippen molar-refractivity contribution in [3.8, 4) is 16.9 Å². The molecule has 0 aliphatic rings. The second kappa shape index (κ2) is 10.6. The summed E-state index contributed by atoms with van der Waals surface area (Å²) in [6, 6.07) is 18.5. The summed E-state index contributed by atoms with van der Waals surface area (Å²) in [6.07, 6.45) is 0. The number of nitrogens with zero attached hydrogens (tertiary/aromatic N) is 4. The smallest absolute Gasteiger partial charge is 0.247 e. The molecule has 3 aromatic carbocycles. The van der Waals surface area contributed by atoms with Gasteiger partial charge in [0.05, 0.1) is 5.52 Å². The first kappa shape index (κ1) is 23.6. The number of aryl methyl sites for hydroxylation is 3. The summed E-state index contributed by atoms with van der Waals surface area (Å²) in [5.74, 6) is 1.33. The molecule has 1 aromatic heterocycles. The van der Waals surface area contributed by atoms with Crippen molar-refractivity contribution in [1.29, 1.82) is 0 Å². The van der Waals surface area contributed by atoms with Gasteiger partial charge in [0.15, 0.2) is 0 Å². The van der Waals surface area contributed by atoms with Crippen LogP contribution in [-0.4, -0.2) is 46.3 Å².